The molecule has 104 valence electrons. The van der Waals surface area contributed by atoms with Gasteiger partial charge in [-0.15, -0.1) is 0 Å². The highest BCUT2D eigenvalue weighted by atomic mass is 79.9. The highest BCUT2D eigenvalue weighted by Gasteiger charge is 2.05. The fourth-order valence-corrected chi connectivity index (χ4v) is 1.97. The Morgan fingerprint density at radius 1 is 1.15 bits per heavy atom. The summed E-state index contributed by atoms with van der Waals surface area (Å²) in [5.74, 6) is 0. The van der Waals surface area contributed by atoms with Gasteiger partial charge in [0.15, 0.2) is 0 Å². The van der Waals surface area contributed by atoms with Crippen LogP contribution in [-0.2, 0) is 11.4 Å². The van der Waals surface area contributed by atoms with E-state index in [9.17, 15) is 8.78 Å². The molecule has 0 aliphatic carbocycles. The molecule has 0 heterocycles. The number of hydrogen-bond donors (Lipinski definition) is 0. The van der Waals surface area contributed by atoms with Gasteiger partial charge < -0.3 is 4.84 Å². The Morgan fingerprint density at radius 2 is 1.90 bits per heavy atom. The molecule has 0 saturated heterocycles. The zero-order valence-corrected chi connectivity index (χ0v) is 12.1. The minimum Gasteiger partial charge on any atom is -0.391 e. The lowest BCUT2D eigenvalue weighted by atomic mass is 10.1. The number of halogens is 3. The van der Waals surface area contributed by atoms with Gasteiger partial charge in [0, 0.05) is 10.0 Å². The van der Waals surface area contributed by atoms with Gasteiger partial charge in [-0.1, -0.05) is 57.5 Å². The molecule has 20 heavy (non-hydrogen) atoms. The van der Waals surface area contributed by atoms with Crippen molar-refractivity contribution in [2.75, 3.05) is 0 Å². The molecule has 2 aromatic rings. The van der Waals surface area contributed by atoms with Crippen molar-refractivity contribution in [3.63, 3.8) is 0 Å². The maximum absolute atomic E-state index is 12.4. The van der Waals surface area contributed by atoms with Gasteiger partial charge in [-0.25, -0.2) is 8.78 Å². The Morgan fingerprint density at radius 3 is 2.55 bits per heavy atom. The lowest BCUT2D eigenvalue weighted by Gasteiger charge is -2.02. The average Bonchev–Trinajstić information content (AvgIpc) is 2.44. The molecule has 2 nitrogen and oxygen atoms in total. The lowest BCUT2D eigenvalue weighted by molar-refractivity contribution is 0.131. The summed E-state index contributed by atoms with van der Waals surface area (Å²) in [5, 5.41) is 3.84. The third kappa shape index (κ3) is 4.42. The number of benzene rings is 2. The van der Waals surface area contributed by atoms with Crippen molar-refractivity contribution in [1.82, 2.24) is 0 Å². The summed E-state index contributed by atoms with van der Waals surface area (Å²) in [6.07, 6.45) is -0.849. The molecule has 0 radical (unpaired) electrons. The number of hydrogen-bond acceptors (Lipinski definition) is 2. The maximum Gasteiger partial charge on any atom is 0.263 e. The van der Waals surface area contributed by atoms with Crippen molar-refractivity contribution in [1.29, 1.82) is 0 Å². The zero-order valence-electron chi connectivity index (χ0n) is 10.5. The summed E-state index contributed by atoms with van der Waals surface area (Å²) in [6, 6.07) is 13.6. The van der Waals surface area contributed by atoms with Crippen LogP contribution in [0.4, 0.5) is 8.78 Å². The zero-order chi connectivity index (χ0) is 14.4. The SMILES string of the molecule is FC(F)c1ccc(CON=Cc2cccc(Br)c2)cc1. The fraction of sp³-hybridized carbons (Fsp3) is 0.133. The first kappa shape index (κ1) is 14.7. The Balaban J connectivity index is 1.86. The van der Waals surface area contributed by atoms with Crippen LogP contribution in [0.3, 0.4) is 0 Å². The molecule has 0 aromatic heterocycles. The predicted octanol–water partition coefficient (Wildman–Crippen LogP) is 4.94. The molecule has 0 atom stereocenters. The first-order valence-corrected chi connectivity index (χ1v) is 6.72. The molecule has 2 aromatic carbocycles. The van der Waals surface area contributed by atoms with E-state index < -0.39 is 6.43 Å². The summed E-state index contributed by atoms with van der Waals surface area (Å²) in [5.41, 5.74) is 1.71. The summed E-state index contributed by atoms with van der Waals surface area (Å²) < 4.78 is 25.7. The third-order valence-electron chi connectivity index (χ3n) is 2.59. The van der Waals surface area contributed by atoms with Crippen LogP contribution in [0.1, 0.15) is 23.1 Å². The maximum atomic E-state index is 12.4. The fourth-order valence-electron chi connectivity index (χ4n) is 1.56. The predicted molar refractivity (Wildman–Crippen MR) is 77.9 cm³/mol. The Labute approximate surface area is 124 Å². The highest BCUT2D eigenvalue weighted by Crippen LogP contribution is 2.18. The second-order valence-corrected chi connectivity index (χ2v) is 5.02. The van der Waals surface area contributed by atoms with Crippen LogP contribution in [-0.4, -0.2) is 6.21 Å². The van der Waals surface area contributed by atoms with Crippen LogP contribution in [0.5, 0.6) is 0 Å². The minimum absolute atomic E-state index is 0.00591. The van der Waals surface area contributed by atoms with E-state index in [0.717, 1.165) is 15.6 Å². The van der Waals surface area contributed by atoms with Crippen molar-refractivity contribution in [2.45, 2.75) is 13.0 Å². The largest absolute Gasteiger partial charge is 0.391 e. The van der Waals surface area contributed by atoms with Gasteiger partial charge in [-0.3, -0.25) is 0 Å². The second kappa shape index (κ2) is 7.14. The topological polar surface area (TPSA) is 21.6 Å². The van der Waals surface area contributed by atoms with E-state index in [0.29, 0.717) is 0 Å². The summed E-state index contributed by atoms with van der Waals surface area (Å²) >= 11 is 3.36. The van der Waals surface area contributed by atoms with Gasteiger partial charge in [0.25, 0.3) is 6.43 Å². The van der Waals surface area contributed by atoms with Crippen LogP contribution in [0.2, 0.25) is 0 Å². The van der Waals surface area contributed by atoms with E-state index >= 15 is 0 Å². The van der Waals surface area contributed by atoms with Gasteiger partial charge in [-0.2, -0.15) is 0 Å². The molecular weight excluding hydrogens is 328 g/mol. The Kier molecular flexibility index (Phi) is 5.24. The Hall–Kier alpha value is -1.75. The van der Waals surface area contributed by atoms with E-state index in [1.54, 1.807) is 18.3 Å². The molecule has 0 amide bonds. The summed E-state index contributed by atoms with van der Waals surface area (Å²) in [6.45, 7) is 0.244. The number of alkyl halides is 2. The molecule has 0 unspecified atom stereocenters. The molecule has 0 aliphatic rings. The van der Waals surface area contributed by atoms with Crippen molar-refractivity contribution < 1.29 is 13.6 Å². The Bertz CT molecular complexity index is 585. The van der Waals surface area contributed by atoms with Gasteiger partial charge in [0.05, 0.1) is 6.21 Å². The lowest BCUT2D eigenvalue weighted by Crippen LogP contribution is -1.90. The molecule has 0 fully saturated rings. The van der Waals surface area contributed by atoms with Crippen LogP contribution < -0.4 is 0 Å². The van der Waals surface area contributed by atoms with Crippen molar-refractivity contribution in [3.05, 3.63) is 69.7 Å². The minimum atomic E-state index is -2.44. The molecular formula is C15H12BrF2NO. The van der Waals surface area contributed by atoms with Gasteiger partial charge in [-0.05, 0) is 23.3 Å². The standard InChI is InChI=1S/C15H12BrF2NO/c16-14-3-1-2-12(8-14)9-19-20-10-11-4-6-13(7-5-11)15(17)18/h1-9,15H,10H2. The number of rotatable bonds is 5. The second-order valence-electron chi connectivity index (χ2n) is 4.11. The summed E-state index contributed by atoms with van der Waals surface area (Å²) in [4.78, 5) is 5.13. The molecule has 2 rings (SSSR count). The normalized spacial score (nSPS) is 11.2. The highest BCUT2D eigenvalue weighted by molar-refractivity contribution is 9.10. The van der Waals surface area contributed by atoms with E-state index in [2.05, 4.69) is 21.1 Å². The first-order chi connectivity index (χ1) is 9.65. The van der Waals surface area contributed by atoms with Gasteiger partial charge >= 0.3 is 0 Å². The van der Waals surface area contributed by atoms with Gasteiger partial charge in [0.1, 0.15) is 6.61 Å². The van der Waals surface area contributed by atoms with E-state index in [-0.39, 0.29) is 12.2 Å². The monoisotopic (exact) mass is 339 g/mol. The number of nitrogens with zero attached hydrogens (tertiary/aromatic N) is 1. The molecule has 0 bridgehead atoms. The van der Waals surface area contributed by atoms with Crippen molar-refractivity contribution >= 4 is 22.1 Å². The molecule has 0 N–H and O–H groups in total. The summed E-state index contributed by atoms with van der Waals surface area (Å²) in [7, 11) is 0. The average molecular weight is 340 g/mol. The smallest absolute Gasteiger partial charge is 0.263 e. The van der Waals surface area contributed by atoms with E-state index in [4.69, 9.17) is 4.84 Å². The van der Waals surface area contributed by atoms with E-state index in [1.165, 1.54) is 12.1 Å². The quantitative estimate of drug-likeness (QED) is 0.558. The van der Waals surface area contributed by atoms with Gasteiger partial charge in [0.2, 0.25) is 0 Å². The van der Waals surface area contributed by atoms with Crippen molar-refractivity contribution in [2.24, 2.45) is 5.16 Å². The molecule has 5 heteroatoms. The first-order valence-electron chi connectivity index (χ1n) is 5.93. The molecule has 0 aliphatic heterocycles. The van der Waals surface area contributed by atoms with Crippen LogP contribution in [0.15, 0.2) is 58.2 Å². The molecule has 0 saturated carbocycles. The van der Waals surface area contributed by atoms with Crippen LogP contribution in [0.25, 0.3) is 0 Å². The van der Waals surface area contributed by atoms with Crippen LogP contribution in [0, 0.1) is 0 Å². The van der Waals surface area contributed by atoms with Crippen LogP contribution >= 0.6 is 15.9 Å². The molecule has 0 spiro atoms. The number of oxime groups is 1. The van der Waals surface area contributed by atoms with E-state index in [1.807, 2.05) is 24.3 Å². The van der Waals surface area contributed by atoms with Crippen molar-refractivity contribution in [3.8, 4) is 0 Å². The third-order valence-corrected chi connectivity index (χ3v) is 3.08.